The lowest BCUT2D eigenvalue weighted by molar-refractivity contribution is -0.130. The first kappa shape index (κ1) is 13.4. The summed E-state index contributed by atoms with van der Waals surface area (Å²) in [6.45, 7) is 3.66. The van der Waals surface area contributed by atoms with E-state index >= 15 is 0 Å². The normalized spacial score (nSPS) is 13.0. The van der Waals surface area contributed by atoms with Crippen molar-refractivity contribution in [1.82, 2.24) is 9.80 Å². The highest BCUT2D eigenvalue weighted by Gasteiger charge is 2.11. The summed E-state index contributed by atoms with van der Waals surface area (Å²) in [6.07, 6.45) is 1.31. The van der Waals surface area contributed by atoms with Gasteiger partial charge in [0.2, 0.25) is 5.91 Å². The zero-order chi connectivity index (χ0) is 11.1. The summed E-state index contributed by atoms with van der Waals surface area (Å²) in [5.41, 5.74) is 5.71. The Balaban J connectivity index is 3.76. The van der Waals surface area contributed by atoms with Gasteiger partial charge in [-0.25, -0.2) is 0 Å². The summed E-state index contributed by atoms with van der Waals surface area (Å²) in [7, 11) is 5.82. The largest absolute Gasteiger partial charge is 0.344 e. The monoisotopic (exact) mass is 201 g/mol. The van der Waals surface area contributed by atoms with Gasteiger partial charge in [-0.3, -0.25) is 4.79 Å². The highest BCUT2D eigenvalue weighted by molar-refractivity contribution is 5.76. The number of nitrogens with zero attached hydrogens (tertiary/aromatic N) is 2. The predicted molar refractivity (Wildman–Crippen MR) is 59.1 cm³/mol. The lowest BCUT2D eigenvalue weighted by atomic mass is 10.1. The van der Waals surface area contributed by atoms with Crippen LogP contribution in [0.1, 0.15) is 19.8 Å². The van der Waals surface area contributed by atoms with E-state index in [1.54, 1.807) is 4.90 Å². The van der Waals surface area contributed by atoms with Crippen molar-refractivity contribution in [3.63, 3.8) is 0 Å². The van der Waals surface area contributed by atoms with Gasteiger partial charge in [-0.1, -0.05) is 6.92 Å². The number of rotatable bonds is 6. The van der Waals surface area contributed by atoms with Gasteiger partial charge in [0.15, 0.2) is 0 Å². The third kappa shape index (κ3) is 5.94. The molecule has 0 aliphatic rings. The number of amides is 1. The van der Waals surface area contributed by atoms with Crippen molar-refractivity contribution in [2.24, 2.45) is 5.73 Å². The molecule has 2 N–H and O–H groups in total. The van der Waals surface area contributed by atoms with Gasteiger partial charge in [-0.2, -0.15) is 0 Å². The van der Waals surface area contributed by atoms with Crippen molar-refractivity contribution >= 4 is 5.91 Å². The van der Waals surface area contributed by atoms with Crippen molar-refractivity contribution in [3.8, 4) is 0 Å². The molecule has 84 valence electrons. The van der Waals surface area contributed by atoms with E-state index in [0.29, 0.717) is 6.42 Å². The third-order valence-electron chi connectivity index (χ3n) is 2.27. The van der Waals surface area contributed by atoms with Gasteiger partial charge in [0.1, 0.15) is 0 Å². The minimum Gasteiger partial charge on any atom is -0.344 e. The van der Waals surface area contributed by atoms with Crippen LogP contribution >= 0.6 is 0 Å². The summed E-state index contributed by atoms with van der Waals surface area (Å²) < 4.78 is 0. The molecule has 0 saturated heterocycles. The highest BCUT2D eigenvalue weighted by atomic mass is 16.2. The molecule has 0 bridgehead atoms. The van der Waals surface area contributed by atoms with E-state index in [-0.39, 0.29) is 11.9 Å². The molecule has 0 fully saturated rings. The predicted octanol–water partition coefficient (Wildman–Crippen LogP) is 0.134. The molecule has 0 aromatic rings. The lowest BCUT2D eigenvalue weighted by Gasteiger charge is -2.21. The lowest BCUT2D eigenvalue weighted by Crippen LogP contribution is -2.36. The smallest absolute Gasteiger partial charge is 0.223 e. The summed E-state index contributed by atoms with van der Waals surface area (Å²) in [5, 5.41) is 0. The molecule has 1 atom stereocenters. The number of carbonyl (C=O) groups excluding carboxylic acids is 1. The minimum atomic E-state index is 0.00399. The zero-order valence-corrected chi connectivity index (χ0v) is 9.79. The molecule has 0 heterocycles. The van der Waals surface area contributed by atoms with Crippen LogP contribution in [0.2, 0.25) is 0 Å². The van der Waals surface area contributed by atoms with E-state index in [0.717, 1.165) is 19.5 Å². The summed E-state index contributed by atoms with van der Waals surface area (Å²) in [4.78, 5) is 15.4. The number of likely N-dealkylation sites (N-methyl/N-ethyl adjacent to an activating group) is 2. The second-order valence-corrected chi connectivity index (χ2v) is 3.99. The molecule has 4 heteroatoms. The Bertz CT molecular complexity index is 171. The topological polar surface area (TPSA) is 49.6 Å². The molecule has 0 saturated carbocycles. The Morgan fingerprint density at radius 2 is 1.86 bits per heavy atom. The molecule has 1 amide bonds. The van der Waals surface area contributed by atoms with Crippen LogP contribution in [0.4, 0.5) is 0 Å². The van der Waals surface area contributed by atoms with Crippen molar-refractivity contribution in [1.29, 1.82) is 0 Å². The molecule has 0 aliphatic carbocycles. The molecular weight excluding hydrogens is 178 g/mol. The van der Waals surface area contributed by atoms with Crippen molar-refractivity contribution in [3.05, 3.63) is 0 Å². The fourth-order valence-electron chi connectivity index (χ4n) is 0.999. The maximum atomic E-state index is 11.6. The van der Waals surface area contributed by atoms with E-state index < -0.39 is 0 Å². The molecule has 0 aliphatic heterocycles. The molecule has 14 heavy (non-hydrogen) atoms. The Kier molecular flexibility index (Phi) is 6.49. The van der Waals surface area contributed by atoms with Crippen molar-refractivity contribution < 1.29 is 4.79 Å². The van der Waals surface area contributed by atoms with Crippen LogP contribution in [-0.2, 0) is 4.79 Å². The minimum absolute atomic E-state index is 0.00399. The molecular formula is C10H23N3O. The van der Waals surface area contributed by atoms with Crippen LogP contribution < -0.4 is 5.73 Å². The van der Waals surface area contributed by atoms with Gasteiger partial charge < -0.3 is 15.5 Å². The number of hydrogen-bond donors (Lipinski definition) is 1. The average Bonchev–Trinajstić information content (AvgIpc) is 2.13. The van der Waals surface area contributed by atoms with Gasteiger partial charge >= 0.3 is 0 Å². The summed E-state index contributed by atoms with van der Waals surface area (Å²) in [6, 6.07) is 0.00399. The van der Waals surface area contributed by atoms with E-state index in [2.05, 4.69) is 4.90 Å². The van der Waals surface area contributed by atoms with Gasteiger partial charge in [-0.15, -0.1) is 0 Å². The SMILES string of the molecule is CCC(N)CC(=O)N(C)CCN(C)C. The molecule has 4 nitrogen and oxygen atoms in total. The van der Waals surface area contributed by atoms with Crippen LogP contribution in [0.15, 0.2) is 0 Å². The Labute approximate surface area is 87.0 Å². The number of hydrogen-bond acceptors (Lipinski definition) is 3. The fourth-order valence-corrected chi connectivity index (χ4v) is 0.999. The van der Waals surface area contributed by atoms with Crippen molar-refractivity contribution in [2.45, 2.75) is 25.8 Å². The highest BCUT2D eigenvalue weighted by Crippen LogP contribution is 1.98. The Morgan fingerprint density at radius 3 is 2.29 bits per heavy atom. The molecule has 0 spiro atoms. The number of carbonyl (C=O) groups is 1. The van der Waals surface area contributed by atoms with Crippen LogP contribution in [0.25, 0.3) is 0 Å². The maximum absolute atomic E-state index is 11.6. The van der Waals surface area contributed by atoms with Crippen LogP contribution in [0.3, 0.4) is 0 Å². The van der Waals surface area contributed by atoms with Gasteiger partial charge in [-0.05, 0) is 20.5 Å². The fraction of sp³-hybridized carbons (Fsp3) is 0.900. The second-order valence-electron chi connectivity index (χ2n) is 3.99. The summed E-state index contributed by atoms with van der Waals surface area (Å²) in [5.74, 6) is 0.140. The quantitative estimate of drug-likeness (QED) is 0.665. The number of nitrogens with two attached hydrogens (primary N) is 1. The molecule has 0 radical (unpaired) electrons. The Hall–Kier alpha value is -0.610. The first-order valence-electron chi connectivity index (χ1n) is 5.11. The molecule has 1 unspecified atom stereocenters. The van der Waals surface area contributed by atoms with Gasteiger partial charge in [0.05, 0.1) is 0 Å². The Morgan fingerprint density at radius 1 is 1.29 bits per heavy atom. The first-order valence-corrected chi connectivity index (χ1v) is 5.11. The summed E-state index contributed by atoms with van der Waals surface area (Å²) >= 11 is 0. The molecule has 0 rings (SSSR count). The van der Waals surface area contributed by atoms with Crippen LogP contribution in [0.5, 0.6) is 0 Å². The zero-order valence-electron chi connectivity index (χ0n) is 9.79. The van der Waals surface area contributed by atoms with Gasteiger partial charge in [0, 0.05) is 32.6 Å². The second kappa shape index (κ2) is 6.79. The van der Waals surface area contributed by atoms with E-state index in [1.807, 2.05) is 28.1 Å². The maximum Gasteiger partial charge on any atom is 0.223 e. The molecule has 0 aromatic carbocycles. The van der Waals surface area contributed by atoms with Crippen molar-refractivity contribution in [2.75, 3.05) is 34.2 Å². The van der Waals surface area contributed by atoms with Gasteiger partial charge in [0.25, 0.3) is 0 Å². The van der Waals surface area contributed by atoms with Crippen LogP contribution in [0, 0.1) is 0 Å². The van der Waals surface area contributed by atoms with E-state index in [1.165, 1.54) is 0 Å². The molecule has 0 aromatic heterocycles. The van der Waals surface area contributed by atoms with Crippen LogP contribution in [-0.4, -0.2) is 56.0 Å². The van der Waals surface area contributed by atoms with E-state index in [9.17, 15) is 4.79 Å². The average molecular weight is 201 g/mol. The first-order chi connectivity index (χ1) is 6.47. The third-order valence-corrected chi connectivity index (χ3v) is 2.27. The van der Waals surface area contributed by atoms with E-state index in [4.69, 9.17) is 5.73 Å². The standard InChI is InChI=1S/C10H23N3O/c1-5-9(11)8-10(14)13(4)7-6-12(2)3/h9H,5-8,11H2,1-4H3.